The SMILES string of the molecule is COCc1cccc(NC(=O)c2ccc(N)c(Cl)c2)c1. The Kier molecular flexibility index (Phi) is 4.61. The number of carbonyl (C=O) groups excluding carboxylic acids is 1. The number of nitrogens with two attached hydrogens (primary N) is 1. The minimum Gasteiger partial charge on any atom is -0.398 e. The highest BCUT2D eigenvalue weighted by atomic mass is 35.5. The predicted molar refractivity (Wildman–Crippen MR) is 81.0 cm³/mol. The van der Waals surface area contributed by atoms with Crippen LogP contribution in [0.2, 0.25) is 5.02 Å². The summed E-state index contributed by atoms with van der Waals surface area (Å²) in [4.78, 5) is 12.1. The number of nitrogen functional groups attached to an aromatic ring is 1. The molecular weight excluding hydrogens is 276 g/mol. The first kappa shape index (κ1) is 14.4. The molecular formula is C15H15ClN2O2. The topological polar surface area (TPSA) is 64.3 Å². The van der Waals surface area contributed by atoms with Crippen LogP contribution in [0.3, 0.4) is 0 Å². The van der Waals surface area contributed by atoms with E-state index in [0.717, 1.165) is 5.56 Å². The molecule has 2 aromatic carbocycles. The molecule has 0 aliphatic heterocycles. The van der Waals surface area contributed by atoms with Crippen LogP contribution in [0.15, 0.2) is 42.5 Å². The molecule has 2 rings (SSSR count). The normalized spacial score (nSPS) is 10.3. The third kappa shape index (κ3) is 3.50. The number of carbonyl (C=O) groups is 1. The lowest BCUT2D eigenvalue weighted by molar-refractivity contribution is 0.102. The number of anilines is 2. The molecule has 0 heterocycles. The van der Waals surface area contributed by atoms with Crippen molar-refractivity contribution in [1.29, 1.82) is 0 Å². The van der Waals surface area contributed by atoms with E-state index in [1.165, 1.54) is 0 Å². The van der Waals surface area contributed by atoms with Gasteiger partial charge in [0.2, 0.25) is 0 Å². The lowest BCUT2D eigenvalue weighted by Gasteiger charge is -2.08. The number of rotatable bonds is 4. The van der Waals surface area contributed by atoms with Crippen molar-refractivity contribution < 1.29 is 9.53 Å². The molecule has 5 heteroatoms. The smallest absolute Gasteiger partial charge is 0.255 e. The first-order valence-electron chi connectivity index (χ1n) is 6.04. The molecule has 104 valence electrons. The molecule has 4 nitrogen and oxygen atoms in total. The van der Waals surface area contributed by atoms with E-state index in [2.05, 4.69) is 5.32 Å². The van der Waals surface area contributed by atoms with Crippen molar-refractivity contribution in [1.82, 2.24) is 0 Å². The summed E-state index contributed by atoms with van der Waals surface area (Å²) >= 11 is 5.91. The highest BCUT2D eigenvalue weighted by Gasteiger charge is 2.08. The fraction of sp³-hybridized carbons (Fsp3) is 0.133. The highest BCUT2D eigenvalue weighted by molar-refractivity contribution is 6.33. The minimum absolute atomic E-state index is 0.235. The average Bonchev–Trinajstić information content (AvgIpc) is 2.42. The van der Waals surface area contributed by atoms with E-state index in [-0.39, 0.29) is 5.91 Å². The molecule has 0 fully saturated rings. The molecule has 0 saturated heterocycles. The second-order valence-corrected chi connectivity index (χ2v) is 4.73. The summed E-state index contributed by atoms with van der Waals surface area (Å²) in [5.74, 6) is -0.235. The second-order valence-electron chi connectivity index (χ2n) is 4.32. The molecule has 0 radical (unpaired) electrons. The lowest BCUT2D eigenvalue weighted by Crippen LogP contribution is -2.12. The van der Waals surface area contributed by atoms with Crippen molar-refractivity contribution in [2.45, 2.75) is 6.61 Å². The fourth-order valence-electron chi connectivity index (χ4n) is 1.78. The van der Waals surface area contributed by atoms with E-state index in [1.807, 2.05) is 24.3 Å². The Balaban J connectivity index is 2.14. The van der Waals surface area contributed by atoms with Gasteiger partial charge in [-0.25, -0.2) is 0 Å². The van der Waals surface area contributed by atoms with Crippen LogP contribution in [0.1, 0.15) is 15.9 Å². The number of hydrogen-bond donors (Lipinski definition) is 2. The van der Waals surface area contributed by atoms with Crippen LogP contribution in [0.25, 0.3) is 0 Å². The molecule has 0 aromatic heterocycles. The Morgan fingerprint density at radius 2 is 2.10 bits per heavy atom. The number of halogens is 1. The molecule has 0 unspecified atom stereocenters. The summed E-state index contributed by atoms with van der Waals surface area (Å²) in [7, 11) is 1.63. The van der Waals surface area contributed by atoms with Gasteiger partial charge in [0, 0.05) is 18.4 Å². The third-order valence-corrected chi connectivity index (χ3v) is 3.09. The predicted octanol–water partition coefficient (Wildman–Crippen LogP) is 3.32. The zero-order valence-corrected chi connectivity index (χ0v) is 11.8. The van der Waals surface area contributed by atoms with E-state index in [1.54, 1.807) is 25.3 Å². The molecule has 2 aromatic rings. The summed E-state index contributed by atoms with van der Waals surface area (Å²) in [5, 5.41) is 3.18. The quantitative estimate of drug-likeness (QED) is 0.849. The summed E-state index contributed by atoms with van der Waals surface area (Å²) in [6, 6.07) is 12.3. The number of ether oxygens (including phenoxy) is 1. The summed E-state index contributed by atoms with van der Waals surface area (Å²) in [5.41, 5.74) is 8.22. The van der Waals surface area contributed by atoms with E-state index in [4.69, 9.17) is 22.1 Å². The minimum atomic E-state index is -0.235. The zero-order chi connectivity index (χ0) is 14.5. The molecule has 3 N–H and O–H groups in total. The lowest BCUT2D eigenvalue weighted by atomic mass is 10.1. The fourth-order valence-corrected chi connectivity index (χ4v) is 1.96. The van der Waals surface area contributed by atoms with Gasteiger partial charge in [0.15, 0.2) is 0 Å². The summed E-state index contributed by atoms with van der Waals surface area (Å²) < 4.78 is 5.06. The van der Waals surface area contributed by atoms with Gasteiger partial charge in [0.05, 0.1) is 17.3 Å². The van der Waals surface area contributed by atoms with E-state index in [9.17, 15) is 4.79 Å². The van der Waals surface area contributed by atoms with Gasteiger partial charge in [0.25, 0.3) is 5.91 Å². The monoisotopic (exact) mass is 290 g/mol. The average molecular weight is 291 g/mol. The van der Waals surface area contributed by atoms with Crippen molar-refractivity contribution in [3.05, 3.63) is 58.6 Å². The van der Waals surface area contributed by atoms with Gasteiger partial charge < -0.3 is 15.8 Å². The van der Waals surface area contributed by atoms with E-state index in [0.29, 0.717) is 28.6 Å². The van der Waals surface area contributed by atoms with Gasteiger partial charge >= 0.3 is 0 Å². The Morgan fingerprint density at radius 3 is 2.80 bits per heavy atom. The standard InChI is InChI=1S/C15H15ClN2O2/c1-20-9-10-3-2-4-12(7-10)18-15(19)11-5-6-14(17)13(16)8-11/h2-8H,9,17H2,1H3,(H,18,19). The van der Waals surface area contributed by atoms with Gasteiger partial charge in [-0.1, -0.05) is 23.7 Å². The summed E-state index contributed by atoms with van der Waals surface area (Å²) in [6.45, 7) is 0.497. The maximum absolute atomic E-state index is 12.1. The molecule has 20 heavy (non-hydrogen) atoms. The maximum Gasteiger partial charge on any atom is 0.255 e. The van der Waals surface area contributed by atoms with E-state index < -0.39 is 0 Å². The van der Waals surface area contributed by atoms with Crippen LogP contribution in [-0.2, 0) is 11.3 Å². The number of methoxy groups -OCH3 is 1. The molecule has 0 aliphatic carbocycles. The molecule has 0 atom stereocenters. The molecule has 1 amide bonds. The van der Waals surface area contributed by atoms with Crippen molar-refractivity contribution in [2.24, 2.45) is 0 Å². The number of benzene rings is 2. The van der Waals surface area contributed by atoms with Crippen molar-refractivity contribution in [2.75, 3.05) is 18.2 Å². The number of hydrogen-bond acceptors (Lipinski definition) is 3. The molecule has 0 spiro atoms. The van der Waals surface area contributed by atoms with Crippen LogP contribution in [0, 0.1) is 0 Å². The van der Waals surface area contributed by atoms with Crippen molar-refractivity contribution >= 4 is 28.9 Å². The van der Waals surface area contributed by atoms with Crippen LogP contribution in [-0.4, -0.2) is 13.0 Å². The second kappa shape index (κ2) is 6.41. The molecule has 0 aliphatic rings. The number of nitrogens with one attached hydrogen (secondary N) is 1. The van der Waals surface area contributed by atoms with Gasteiger partial charge in [-0.15, -0.1) is 0 Å². The van der Waals surface area contributed by atoms with Gasteiger partial charge in [0.1, 0.15) is 0 Å². The largest absolute Gasteiger partial charge is 0.398 e. The van der Waals surface area contributed by atoms with Crippen molar-refractivity contribution in [3.8, 4) is 0 Å². The van der Waals surface area contributed by atoms with Crippen LogP contribution in [0.4, 0.5) is 11.4 Å². The Morgan fingerprint density at radius 1 is 1.30 bits per heavy atom. The van der Waals surface area contributed by atoms with Gasteiger partial charge in [-0.2, -0.15) is 0 Å². The molecule has 0 bridgehead atoms. The Hall–Kier alpha value is -2.04. The van der Waals surface area contributed by atoms with Crippen molar-refractivity contribution in [3.63, 3.8) is 0 Å². The first-order chi connectivity index (χ1) is 9.60. The van der Waals surface area contributed by atoms with Crippen LogP contribution < -0.4 is 11.1 Å². The Bertz CT molecular complexity index is 629. The third-order valence-electron chi connectivity index (χ3n) is 2.76. The van der Waals surface area contributed by atoms with Gasteiger partial charge in [-0.05, 0) is 35.9 Å². The van der Waals surface area contributed by atoms with Crippen LogP contribution >= 0.6 is 11.6 Å². The maximum atomic E-state index is 12.1. The van der Waals surface area contributed by atoms with E-state index >= 15 is 0 Å². The van der Waals surface area contributed by atoms with Gasteiger partial charge in [-0.3, -0.25) is 4.79 Å². The Labute approximate surface area is 122 Å². The first-order valence-corrected chi connectivity index (χ1v) is 6.42. The highest BCUT2D eigenvalue weighted by Crippen LogP contribution is 2.20. The zero-order valence-electron chi connectivity index (χ0n) is 11.0. The number of amides is 1. The van der Waals surface area contributed by atoms with Crippen LogP contribution in [0.5, 0.6) is 0 Å². The summed E-state index contributed by atoms with van der Waals surface area (Å²) in [6.07, 6.45) is 0. The molecule has 0 saturated carbocycles.